The zero-order chi connectivity index (χ0) is 17.2. The van der Waals surface area contributed by atoms with Crippen molar-refractivity contribution >= 4 is 5.96 Å². The third-order valence-electron chi connectivity index (χ3n) is 2.94. The van der Waals surface area contributed by atoms with Crippen molar-refractivity contribution in [1.29, 1.82) is 0 Å². The molecule has 0 aliphatic carbocycles. The second-order valence-electron chi connectivity index (χ2n) is 4.82. The molecule has 0 atom stereocenters. The number of nitrogens with one attached hydrogen (secondary N) is 2. The van der Waals surface area contributed by atoms with Crippen molar-refractivity contribution in [2.45, 2.75) is 13.5 Å². The molecule has 0 amide bonds. The van der Waals surface area contributed by atoms with Crippen molar-refractivity contribution in [3.05, 3.63) is 54.0 Å². The summed E-state index contributed by atoms with van der Waals surface area (Å²) in [6, 6.07) is 9.49. The molecule has 6 heteroatoms. The normalized spacial score (nSPS) is 10.8. The summed E-state index contributed by atoms with van der Waals surface area (Å²) in [5, 5.41) is 6.11. The molecule has 2 N–H and O–H groups in total. The molecule has 5 nitrogen and oxygen atoms in total. The molecular weight excluding hydrogens is 307 g/mol. The minimum atomic E-state index is -0.353. The molecule has 0 saturated heterocycles. The summed E-state index contributed by atoms with van der Waals surface area (Å²) in [4.78, 5) is 8.62. The summed E-state index contributed by atoms with van der Waals surface area (Å²) in [6.07, 6.45) is 6.90. The lowest BCUT2D eigenvalue weighted by molar-refractivity contribution is 0.457. The van der Waals surface area contributed by atoms with E-state index in [-0.39, 0.29) is 5.82 Å². The maximum Gasteiger partial charge on any atom is 0.219 e. The summed E-state index contributed by atoms with van der Waals surface area (Å²) < 4.78 is 18.6. The maximum atomic E-state index is 13.1. The van der Waals surface area contributed by atoms with Gasteiger partial charge in [-0.1, -0.05) is 18.1 Å². The van der Waals surface area contributed by atoms with Crippen LogP contribution in [0.15, 0.2) is 47.6 Å². The summed E-state index contributed by atoms with van der Waals surface area (Å²) >= 11 is 0. The molecule has 0 saturated carbocycles. The molecule has 2 rings (SSSR count). The minimum Gasteiger partial charge on any atom is -0.439 e. The zero-order valence-electron chi connectivity index (χ0n) is 13.4. The third-order valence-corrected chi connectivity index (χ3v) is 2.94. The molecule has 0 unspecified atom stereocenters. The fourth-order valence-corrected chi connectivity index (χ4v) is 1.86. The molecule has 124 valence electrons. The van der Waals surface area contributed by atoms with E-state index in [9.17, 15) is 4.39 Å². The Balaban J connectivity index is 1.97. The van der Waals surface area contributed by atoms with Gasteiger partial charge in [0.1, 0.15) is 11.6 Å². The monoisotopic (exact) mass is 326 g/mol. The van der Waals surface area contributed by atoms with Crippen LogP contribution < -0.4 is 15.4 Å². The fourth-order valence-electron chi connectivity index (χ4n) is 1.86. The second kappa shape index (κ2) is 9.16. The average Bonchev–Trinajstić information content (AvgIpc) is 2.59. The highest BCUT2D eigenvalue weighted by atomic mass is 19.1. The van der Waals surface area contributed by atoms with Crippen molar-refractivity contribution in [3.63, 3.8) is 0 Å². The minimum absolute atomic E-state index is 0.353. The third kappa shape index (κ3) is 5.61. The van der Waals surface area contributed by atoms with Gasteiger partial charge in [-0.25, -0.2) is 14.4 Å². The molecule has 0 aliphatic heterocycles. The van der Waals surface area contributed by atoms with E-state index in [4.69, 9.17) is 11.2 Å². The van der Waals surface area contributed by atoms with Crippen LogP contribution >= 0.6 is 0 Å². The van der Waals surface area contributed by atoms with Crippen LogP contribution in [-0.4, -0.2) is 24.0 Å². The Hall–Kier alpha value is -3.07. The number of guanidine groups is 1. The van der Waals surface area contributed by atoms with E-state index in [0.717, 1.165) is 12.1 Å². The molecule has 0 fully saturated rings. The predicted molar refractivity (Wildman–Crippen MR) is 92.4 cm³/mol. The number of rotatable bonds is 6. The summed E-state index contributed by atoms with van der Waals surface area (Å²) in [5.74, 6) is 3.60. The lowest BCUT2D eigenvalue weighted by Gasteiger charge is -2.09. The van der Waals surface area contributed by atoms with Crippen LogP contribution in [0.4, 0.5) is 4.39 Å². The Labute approximate surface area is 141 Å². The number of hydrogen-bond acceptors (Lipinski definition) is 3. The smallest absolute Gasteiger partial charge is 0.219 e. The first kappa shape index (κ1) is 17.3. The van der Waals surface area contributed by atoms with E-state index in [0.29, 0.717) is 30.7 Å². The molecular formula is C18H19FN4O. The van der Waals surface area contributed by atoms with Crippen molar-refractivity contribution in [3.8, 4) is 24.0 Å². The van der Waals surface area contributed by atoms with E-state index in [1.165, 1.54) is 12.1 Å². The van der Waals surface area contributed by atoms with Gasteiger partial charge in [0.05, 0.1) is 13.1 Å². The van der Waals surface area contributed by atoms with Gasteiger partial charge >= 0.3 is 0 Å². The first-order valence-electron chi connectivity index (χ1n) is 7.55. The summed E-state index contributed by atoms with van der Waals surface area (Å²) in [6.45, 7) is 3.58. The Bertz CT molecular complexity index is 723. The van der Waals surface area contributed by atoms with Crippen LogP contribution in [0.3, 0.4) is 0 Å². The predicted octanol–water partition coefficient (Wildman–Crippen LogP) is 2.70. The molecule has 1 heterocycles. The van der Waals surface area contributed by atoms with Crippen LogP contribution in [0.5, 0.6) is 11.6 Å². The van der Waals surface area contributed by atoms with Crippen LogP contribution in [0.2, 0.25) is 0 Å². The molecule has 0 radical (unpaired) electrons. The lowest BCUT2D eigenvalue weighted by Crippen LogP contribution is -2.37. The van der Waals surface area contributed by atoms with E-state index in [1.54, 1.807) is 24.4 Å². The Morgan fingerprint density at radius 2 is 2.21 bits per heavy atom. The van der Waals surface area contributed by atoms with Crippen LogP contribution in [-0.2, 0) is 6.54 Å². The molecule has 0 spiro atoms. The SMILES string of the molecule is C#CCNC(=NCc1ccc(Oc2cccc(F)c2)nc1)NCC. The zero-order valence-corrected chi connectivity index (χ0v) is 13.4. The number of pyridine rings is 1. The average molecular weight is 326 g/mol. The van der Waals surface area contributed by atoms with Crippen molar-refractivity contribution in [2.75, 3.05) is 13.1 Å². The van der Waals surface area contributed by atoms with Gasteiger partial charge in [0.15, 0.2) is 5.96 Å². The number of terminal acetylenes is 1. The molecule has 0 aliphatic rings. The van der Waals surface area contributed by atoms with Gasteiger partial charge in [-0.05, 0) is 24.6 Å². The number of halogens is 1. The number of ether oxygens (including phenoxy) is 1. The van der Waals surface area contributed by atoms with Gasteiger partial charge in [-0.2, -0.15) is 0 Å². The highest BCUT2D eigenvalue weighted by molar-refractivity contribution is 5.79. The van der Waals surface area contributed by atoms with Gasteiger partial charge in [0.2, 0.25) is 5.88 Å². The van der Waals surface area contributed by atoms with E-state index in [2.05, 4.69) is 26.5 Å². The van der Waals surface area contributed by atoms with Crippen molar-refractivity contribution in [2.24, 2.45) is 4.99 Å². The van der Waals surface area contributed by atoms with Gasteiger partial charge in [0, 0.05) is 24.9 Å². The Kier molecular flexibility index (Phi) is 6.59. The number of aromatic nitrogens is 1. The van der Waals surface area contributed by atoms with Gasteiger partial charge in [-0.15, -0.1) is 6.42 Å². The summed E-state index contributed by atoms with van der Waals surface area (Å²) in [5.41, 5.74) is 0.916. The molecule has 1 aromatic heterocycles. The maximum absolute atomic E-state index is 13.1. The highest BCUT2D eigenvalue weighted by Crippen LogP contribution is 2.20. The quantitative estimate of drug-likeness (QED) is 0.487. The first-order valence-corrected chi connectivity index (χ1v) is 7.55. The molecule has 24 heavy (non-hydrogen) atoms. The van der Waals surface area contributed by atoms with E-state index < -0.39 is 0 Å². The Morgan fingerprint density at radius 3 is 2.88 bits per heavy atom. The number of hydrogen-bond donors (Lipinski definition) is 2. The molecule has 1 aromatic carbocycles. The van der Waals surface area contributed by atoms with Crippen LogP contribution in [0.1, 0.15) is 12.5 Å². The first-order chi connectivity index (χ1) is 11.7. The topological polar surface area (TPSA) is 58.5 Å². The van der Waals surface area contributed by atoms with Crippen molar-refractivity contribution in [1.82, 2.24) is 15.6 Å². The number of benzene rings is 1. The van der Waals surface area contributed by atoms with Gasteiger partial charge in [-0.3, -0.25) is 0 Å². The second-order valence-corrected chi connectivity index (χ2v) is 4.82. The van der Waals surface area contributed by atoms with E-state index in [1.807, 2.05) is 13.0 Å². The molecule has 2 aromatic rings. The largest absolute Gasteiger partial charge is 0.439 e. The number of nitrogens with zero attached hydrogens (tertiary/aromatic N) is 2. The van der Waals surface area contributed by atoms with Crippen LogP contribution in [0, 0.1) is 18.2 Å². The Morgan fingerprint density at radius 1 is 1.33 bits per heavy atom. The standard InChI is InChI=1S/C18H19FN4O/c1-3-10-21-18(20-4-2)23-13-14-8-9-17(22-12-14)24-16-7-5-6-15(19)11-16/h1,5-9,11-12H,4,10,13H2,2H3,(H2,20,21,23). The van der Waals surface area contributed by atoms with Gasteiger partial charge < -0.3 is 15.4 Å². The molecule has 0 bridgehead atoms. The van der Waals surface area contributed by atoms with Gasteiger partial charge in [0.25, 0.3) is 0 Å². The number of aliphatic imine (C=N–C) groups is 1. The lowest BCUT2D eigenvalue weighted by atomic mass is 10.3. The highest BCUT2D eigenvalue weighted by Gasteiger charge is 2.01. The van der Waals surface area contributed by atoms with Crippen LogP contribution in [0.25, 0.3) is 0 Å². The summed E-state index contributed by atoms with van der Waals surface area (Å²) in [7, 11) is 0. The fraction of sp³-hybridized carbons (Fsp3) is 0.222. The van der Waals surface area contributed by atoms with E-state index >= 15 is 0 Å². The van der Waals surface area contributed by atoms with Crippen molar-refractivity contribution < 1.29 is 9.13 Å².